The van der Waals surface area contributed by atoms with E-state index in [1.165, 1.54) is 0 Å². The van der Waals surface area contributed by atoms with Gasteiger partial charge in [0.15, 0.2) is 5.82 Å². The van der Waals surface area contributed by atoms with Crippen molar-refractivity contribution in [3.8, 4) is 0 Å². The number of anilines is 1. The van der Waals surface area contributed by atoms with Gasteiger partial charge in [-0.3, -0.25) is 4.68 Å². The van der Waals surface area contributed by atoms with Crippen LogP contribution in [0.2, 0.25) is 0 Å². The average molecular weight is 217 g/mol. The van der Waals surface area contributed by atoms with Crippen LogP contribution in [0, 0.1) is 0 Å². The molecule has 2 rings (SSSR count). The molecule has 11 heavy (non-hydrogen) atoms. The van der Waals surface area contributed by atoms with Crippen LogP contribution in [0.15, 0.2) is 4.47 Å². The summed E-state index contributed by atoms with van der Waals surface area (Å²) in [6.07, 6.45) is 0. The fourth-order valence-electron chi connectivity index (χ4n) is 1.24. The van der Waals surface area contributed by atoms with Crippen molar-refractivity contribution in [2.24, 2.45) is 0 Å². The molecule has 0 aliphatic carbocycles. The molecule has 4 nitrogen and oxygen atoms in total. The van der Waals surface area contributed by atoms with Crippen LogP contribution in [0.3, 0.4) is 0 Å². The van der Waals surface area contributed by atoms with Crippen molar-refractivity contribution in [3.63, 3.8) is 0 Å². The van der Waals surface area contributed by atoms with E-state index in [4.69, 9.17) is 5.73 Å². The summed E-state index contributed by atoms with van der Waals surface area (Å²) in [6.45, 7) is 2.73. The molecule has 1 aromatic heterocycles. The van der Waals surface area contributed by atoms with Gasteiger partial charge in [0.1, 0.15) is 0 Å². The summed E-state index contributed by atoms with van der Waals surface area (Å²) in [5.74, 6) is 0.587. The van der Waals surface area contributed by atoms with Crippen LogP contribution in [0.25, 0.3) is 0 Å². The third-order valence-electron chi connectivity index (χ3n) is 1.81. The normalized spacial score (nSPS) is 16.5. The molecule has 0 saturated heterocycles. The van der Waals surface area contributed by atoms with Crippen molar-refractivity contribution in [1.82, 2.24) is 15.1 Å². The number of nitrogens with one attached hydrogen (secondary N) is 1. The van der Waals surface area contributed by atoms with Gasteiger partial charge in [-0.25, -0.2) is 0 Å². The van der Waals surface area contributed by atoms with E-state index in [2.05, 4.69) is 26.3 Å². The first-order chi connectivity index (χ1) is 5.29. The molecule has 0 atom stereocenters. The van der Waals surface area contributed by atoms with Gasteiger partial charge in [-0.05, 0) is 15.9 Å². The Hall–Kier alpha value is -0.550. The number of aromatic nitrogens is 2. The monoisotopic (exact) mass is 216 g/mol. The Kier molecular flexibility index (Phi) is 1.61. The Bertz CT molecular complexity index is 280. The topological polar surface area (TPSA) is 55.9 Å². The number of nitrogens with two attached hydrogens (primary N) is 1. The number of hydrogen-bond donors (Lipinski definition) is 2. The molecule has 0 spiro atoms. The molecule has 0 radical (unpaired) electrons. The highest BCUT2D eigenvalue weighted by Gasteiger charge is 2.15. The van der Waals surface area contributed by atoms with Crippen molar-refractivity contribution in [1.29, 1.82) is 0 Å². The molecule has 0 fully saturated rings. The molecule has 0 unspecified atom stereocenters. The van der Waals surface area contributed by atoms with E-state index in [1.54, 1.807) is 0 Å². The summed E-state index contributed by atoms with van der Waals surface area (Å²) in [5.41, 5.74) is 6.76. The van der Waals surface area contributed by atoms with E-state index in [0.717, 1.165) is 29.8 Å². The first-order valence-corrected chi connectivity index (χ1v) is 4.29. The molecule has 1 aromatic rings. The van der Waals surface area contributed by atoms with Gasteiger partial charge in [-0.2, -0.15) is 5.10 Å². The molecular formula is C6H9BrN4. The number of nitrogen functional groups attached to an aromatic ring is 1. The second-order valence-electron chi connectivity index (χ2n) is 2.55. The van der Waals surface area contributed by atoms with E-state index in [9.17, 15) is 0 Å². The summed E-state index contributed by atoms with van der Waals surface area (Å²) in [7, 11) is 0. The Labute approximate surface area is 72.9 Å². The summed E-state index contributed by atoms with van der Waals surface area (Å²) >= 11 is 3.39. The maximum atomic E-state index is 5.61. The summed E-state index contributed by atoms with van der Waals surface area (Å²) in [6, 6.07) is 0. The molecule has 2 heterocycles. The Morgan fingerprint density at radius 3 is 3.18 bits per heavy atom. The zero-order valence-electron chi connectivity index (χ0n) is 5.97. The third kappa shape index (κ3) is 1.04. The minimum atomic E-state index is 0.587. The van der Waals surface area contributed by atoms with Crippen LogP contribution in [-0.2, 0) is 13.1 Å². The average Bonchev–Trinajstić information content (AvgIpc) is 2.30. The first kappa shape index (κ1) is 7.12. The lowest BCUT2D eigenvalue weighted by Crippen LogP contribution is -2.28. The van der Waals surface area contributed by atoms with Crippen LogP contribution >= 0.6 is 15.9 Å². The molecule has 0 bridgehead atoms. The minimum Gasteiger partial charge on any atom is -0.381 e. The quantitative estimate of drug-likeness (QED) is 0.658. The van der Waals surface area contributed by atoms with E-state index in [-0.39, 0.29) is 0 Å². The molecule has 0 saturated carbocycles. The van der Waals surface area contributed by atoms with Gasteiger partial charge < -0.3 is 11.1 Å². The Balaban J connectivity index is 2.50. The fourth-order valence-corrected chi connectivity index (χ4v) is 1.67. The molecule has 3 N–H and O–H groups in total. The van der Waals surface area contributed by atoms with Crippen molar-refractivity contribution in [2.45, 2.75) is 13.1 Å². The van der Waals surface area contributed by atoms with Crippen LogP contribution in [0.1, 0.15) is 5.69 Å². The smallest absolute Gasteiger partial charge is 0.160 e. The van der Waals surface area contributed by atoms with Crippen molar-refractivity contribution < 1.29 is 0 Å². The molecule has 1 aliphatic heterocycles. The van der Waals surface area contributed by atoms with Gasteiger partial charge in [0, 0.05) is 13.1 Å². The van der Waals surface area contributed by atoms with Gasteiger partial charge in [0.2, 0.25) is 0 Å². The molecule has 1 aliphatic rings. The van der Waals surface area contributed by atoms with E-state index in [0.29, 0.717) is 5.82 Å². The van der Waals surface area contributed by atoms with Crippen molar-refractivity contribution in [2.75, 3.05) is 12.3 Å². The number of rotatable bonds is 0. The van der Waals surface area contributed by atoms with Gasteiger partial charge in [0.25, 0.3) is 0 Å². The maximum Gasteiger partial charge on any atom is 0.160 e. The Morgan fingerprint density at radius 1 is 1.64 bits per heavy atom. The van der Waals surface area contributed by atoms with Crippen molar-refractivity contribution >= 4 is 21.7 Å². The number of nitrogens with zero attached hydrogens (tertiary/aromatic N) is 2. The second kappa shape index (κ2) is 2.49. The van der Waals surface area contributed by atoms with Crippen LogP contribution < -0.4 is 11.1 Å². The zero-order valence-corrected chi connectivity index (χ0v) is 7.56. The zero-order chi connectivity index (χ0) is 7.84. The summed E-state index contributed by atoms with van der Waals surface area (Å²) in [5, 5.41) is 7.41. The fraction of sp³-hybridized carbons (Fsp3) is 0.500. The number of fused-ring (bicyclic) bond motifs is 1. The highest BCUT2D eigenvalue weighted by atomic mass is 79.9. The molecule has 0 aromatic carbocycles. The predicted molar refractivity (Wildman–Crippen MR) is 46.0 cm³/mol. The first-order valence-electron chi connectivity index (χ1n) is 3.50. The third-order valence-corrected chi connectivity index (χ3v) is 2.68. The summed E-state index contributed by atoms with van der Waals surface area (Å²) in [4.78, 5) is 0. The minimum absolute atomic E-state index is 0.587. The standard InChI is InChI=1S/C6H9BrN4/c7-5-4-3-9-1-2-11(4)10-6(5)8/h9H,1-3H2,(H2,8,10). The predicted octanol–water partition coefficient (Wildman–Crippen LogP) is 0.331. The van der Waals surface area contributed by atoms with E-state index < -0.39 is 0 Å². The molecule has 60 valence electrons. The Morgan fingerprint density at radius 2 is 2.45 bits per heavy atom. The van der Waals surface area contributed by atoms with E-state index in [1.807, 2.05) is 4.68 Å². The van der Waals surface area contributed by atoms with Gasteiger partial charge >= 0.3 is 0 Å². The van der Waals surface area contributed by atoms with Crippen LogP contribution in [-0.4, -0.2) is 16.3 Å². The largest absolute Gasteiger partial charge is 0.381 e. The van der Waals surface area contributed by atoms with Crippen molar-refractivity contribution in [3.05, 3.63) is 10.2 Å². The highest BCUT2D eigenvalue weighted by Crippen LogP contribution is 2.24. The molecular weight excluding hydrogens is 208 g/mol. The highest BCUT2D eigenvalue weighted by molar-refractivity contribution is 9.10. The summed E-state index contributed by atoms with van der Waals surface area (Å²) < 4.78 is 2.88. The van der Waals surface area contributed by atoms with Gasteiger partial charge in [0.05, 0.1) is 16.7 Å². The number of hydrogen-bond acceptors (Lipinski definition) is 3. The SMILES string of the molecule is Nc1nn2c(c1Br)CNCC2. The second-order valence-corrected chi connectivity index (χ2v) is 3.34. The lowest BCUT2D eigenvalue weighted by molar-refractivity contribution is 0.475. The van der Waals surface area contributed by atoms with Crippen LogP contribution in [0.5, 0.6) is 0 Å². The van der Waals surface area contributed by atoms with Gasteiger partial charge in [-0.15, -0.1) is 0 Å². The molecule has 5 heteroatoms. The lowest BCUT2D eigenvalue weighted by atomic mass is 10.3. The number of halogens is 1. The van der Waals surface area contributed by atoms with Gasteiger partial charge in [-0.1, -0.05) is 0 Å². The van der Waals surface area contributed by atoms with E-state index >= 15 is 0 Å². The van der Waals surface area contributed by atoms with Crippen LogP contribution in [0.4, 0.5) is 5.82 Å². The molecule has 0 amide bonds. The maximum absolute atomic E-state index is 5.61. The lowest BCUT2D eigenvalue weighted by Gasteiger charge is -2.14.